The summed E-state index contributed by atoms with van der Waals surface area (Å²) < 4.78 is 5.41. The summed E-state index contributed by atoms with van der Waals surface area (Å²) in [4.78, 5) is 15.8. The molecule has 3 nitrogen and oxygen atoms in total. The third-order valence-corrected chi connectivity index (χ3v) is 4.46. The van der Waals surface area contributed by atoms with Crippen molar-refractivity contribution in [1.29, 1.82) is 0 Å². The molecule has 2 rings (SSSR count). The molecule has 4 heteroatoms. The number of hydrogen-bond acceptors (Lipinski definition) is 3. The summed E-state index contributed by atoms with van der Waals surface area (Å²) in [6, 6.07) is 4.53. The Morgan fingerprint density at radius 1 is 1.47 bits per heavy atom. The van der Waals surface area contributed by atoms with Crippen LogP contribution >= 0.6 is 11.3 Å². The Balaban J connectivity index is 2.00. The van der Waals surface area contributed by atoms with Crippen molar-refractivity contribution in [2.45, 2.75) is 51.6 Å². The van der Waals surface area contributed by atoms with Crippen molar-refractivity contribution in [3.63, 3.8) is 0 Å². The second-order valence-electron chi connectivity index (χ2n) is 5.05. The van der Waals surface area contributed by atoms with Crippen molar-refractivity contribution in [3.8, 4) is 0 Å². The van der Waals surface area contributed by atoms with E-state index in [9.17, 15) is 4.79 Å². The normalized spacial score (nSPS) is 16.5. The Kier molecular flexibility index (Phi) is 5.86. The number of nitrogens with zero attached hydrogens (tertiary/aromatic N) is 1. The Bertz CT molecular complexity index is 372. The molecule has 19 heavy (non-hydrogen) atoms. The lowest BCUT2D eigenvalue weighted by Gasteiger charge is -2.34. The number of hydrogen-bond donors (Lipinski definition) is 0. The van der Waals surface area contributed by atoms with E-state index < -0.39 is 0 Å². The molecule has 1 amide bonds. The molecule has 1 fully saturated rings. The number of amides is 1. The van der Waals surface area contributed by atoms with Gasteiger partial charge in [0, 0.05) is 30.6 Å². The second kappa shape index (κ2) is 7.65. The Hall–Kier alpha value is -0.870. The second-order valence-corrected chi connectivity index (χ2v) is 6.08. The van der Waals surface area contributed by atoms with E-state index in [4.69, 9.17) is 4.74 Å². The molecule has 1 saturated heterocycles. The van der Waals surface area contributed by atoms with Gasteiger partial charge in [-0.25, -0.2) is 0 Å². The first-order valence-electron chi connectivity index (χ1n) is 7.21. The summed E-state index contributed by atoms with van der Waals surface area (Å²) in [6.07, 6.45) is 4.70. The highest BCUT2D eigenvalue weighted by Crippen LogP contribution is 2.21. The fourth-order valence-corrected chi connectivity index (χ4v) is 3.16. The highest BCUT2D eigenvalue weighted by molar-refractivity contribution is 7.09. The molecule has 2 heterocycles. The van der Waals surface area contributed by atoms with Crippen LogP contribution in [0.3, 0.4) is 0 Å². The van der Waals surface area contributed by atoms with Crippen LogP contribution in [0.5, 0.6) is 0 Å². The minimum atomic E-state index is 0.308. The lowest BCUT2D eigenvalue weighted by Crippen LogP contribution is -2.42. The summed E-state index contributed by atoms with van der Waals surface area (Å²) in [7, 11) is 0. The lowest BCUT2D eigenvalue weighted by atomic mass is 10.1. The predicted octanol–water partition coefficient (Wildman–Crippen LogP) is 3.45. The van der Waals surface area contributed by atoms with E-state index in [2.05, 4.69) is 29.3 Å². The Morgan fingerprint density at radius 3 is 2.89 bits per heavy atom. The first kappa shape index (κ1) is 14.5. The number of rotatable bonds is 6. The number of unbranched alkanes of at least 4 members (excludes halogenated alkanes) is 1. The average molecular weight is 281 g/mol. The monoisotopic (exact) mass is 281 g/mol. The van der Waals surface area contributed by atoms with Gasteiger partial charge in [-0.1, -0.05) is 19.4 Å². The standard InChI is InChI=1S/C15H23NO2S/c1-2-3-6-15(17)16(12-14-5-4-11-19-14)13-7-9-18-10-8-13/h4-5,11,13H,2-3,6-10,12H2,1H3. The van der Waals surface area contributed by atoms with E-state index in [1.54, 1.807) is 11.3 Å². The number of thiophene rings is 1. The Labute approximate surface area is 119 Å². The average Bonchev–Trinajstić information content (AvgIpc) is 2.96. The molecule has 0 saturated carbocycles. The molecule has 0 atom stereocenters. The zero-order valence-corrected chi connectivity index (χ0v) is 12.5. The van der Waals surface area contributed by atoms with E-state index in [1.807, 2.05) is 0 Å². The van der Waals surface area contributed by atoms with Crippen molar-refractivity contribution in [3.05, 3.63) is 22.4 Å². The zero-order valence-electron chi connectivity index (χ0n) is 11.6. The quantitative estimate of drug-likeness (QED) is 0.799. The first-order chi connectivity index (χ1) is 9.31. The summed E-state index contributed by atoms with van der Waals surface area (Å²) in [5.41, 5.74) is 0. The van der Waals surface area contributed by atoms with Gasteiger partial charge < -0.3 is 9.64 Å². The SMILES string of the molecule is CCCCC(=O)N(Cc1cccs1)C1CCOCC1. The number of ether oxygens (including phenoxy) is 1. The third-order valence-electron chi connectivity index (χ3n) is 3.60. The van der Waals surface area contributed by atoms with Crippen LogP contribution in [0, 0.1) is 0 Å². The van der Waals surface area contributed by atoms with Crippen LogP contribution in [0.4, 0.5) is 0 Å². The van der Waals surface area contributed by atoms with Gasteiger partial charge >= 0.3 is 0 Å². The van der Waals surface area contributed by atoms with Crippen molar-refractivity contribution < 1.29 is 9.53 Å². The Morgan fingerprint density at radius 2 is 2.26 bits per heavy atom. The number of carbonyl (C=O) groups excluding carboxylic acids is 1. The van der Waals surface area contributed by atoms with Crippen molar-refractivity contribution >= 4 is 17.2 Å². The van der Waals surface area contributed by atoms with E-state index in [-0.39, 0.29) is 0 Å². The molecule has 0 radical (unpaired) electrons. The van der Waals surface area contributed by atoms with Crippen molar-refractivity contribution in [1.82, 2.24) is 4.90 Å². The van der Waals surface area contributed by atoms with Gasteiger partial charge in [-0.15, -0.1) is 11.3 Å². The molecule has 0 spiro atoms. The van der Waals surface area contributed by atoms with Gasteiger partial charge in [-0.3, -0.25) is 4.79 Å². The highest BCUT2D eigenvalue weighted by atomic mass is 32.1. The fourth-order valence-electron chi connectivity index (χ4n) is 2.46. The molecule has 0 aromatic carbocycles. The van der Waals surface area contributed by atoms with E-state index >= 15 is 0 Å². The van der Waals surface area contributed by atoms with Crippen molar-refractivity contribution in [2.75, 3.05) is 13.2 Å². The molecule has 0 N–H and O–H groups in total. The van der Waals surface area contributed by atoms with Crippen LogP contribution in [0.25, 0.3) is 0 Å². The minimum Gasteiger partial charge on any atom is -0.381 e. The molecule has 1 aromatic rings. The zero-order chi connectivity index (χ0) is 13.5. The van der Waals surface area contributed by atoms with Crippen LogP contribution in [0.15, 0.2) is 17.5 Å². The molecule has 0 aliphatic carbocycles. The molecular weight excluding hydrogens is 258 g/mol. The van der Waals surface area contributed by atoms with E-state index in [1.165, 1.54) is 4.88 Å². The molecule has 106 valence electrons. The van der Waals surface area contributed by atoms with Gasteiger partial charge in [0.05, 0.1) is 6.54 Å². The molecule has 1 aromatic heterocycles. The van der Waals surface area contributed by atoms with Gasteiger partial charge in [-0.05, 0) is 30.7 Å². The summed E-state index contributed by atoms with van der Waals surface area (Å²) in [6.45, 7) is 4.47. The topological polar surface area (TPSA) is 29.5 Å². The maximum atomic E-state index is 12.4. The minimum absolute atomic E-state index is 0.308. The van der Waals surface area contributed by atoms with Crippen LogP contribution in [0.2, 0.25) is 0 Å². The smallest absolute Gasteiger partial charge is 0.223 e. The van der Waals surface area contributed by atoms with Gasteiger partial charge in [0.1, 0.15) is 0 Å². The maximum absolute atomic E-state index is 12.4. The van der Waals surface area contributed by atoms with Crippen LogP contribution in [0.1, 0.15) is 43.9 Å². The van der Waals surface area contributed by atoms with Crippen LogP contribution < -0.4 is 0 Å². The van der Waals surface area contributed by atoms with E-state index in [0.717, 1.165) is 45.4 Å². The molecule has 0 unspecified atom stereocenters. The third kappa shape index (κ3) is 4.32. The summed E-state index contributed by atoms with van der Waals surface area (Å²) >= 11 is 1.73. The molecule has 1 aliphatic heterocycles. The predicted molar refractivity (Wildman–Crippen MR) is 78.2 cm³/mol. The van der Waals surface area contributed by atoms with Gasteiger partial charge in [0.2, 0.25) is 5.91 Å². The highest BCUT2D eigenvalue weighted by Gasteiger charge is 2.25. The fraction of sp³-hybridized carbons (Fsp3) is 0.667. The van der Waals surface area contributed by atoms with Crippen LogP contribution in [-0.2, 0) is 16.1 Å². The molecule has 0 bridgehead atoms. The first-order valence-corrected chi connectivity index (χ1v) is 8.09. The molecular formula is C15H23NO2S. The largest absolute Gasteiger partial charge is 0.381 e. The van der Waals surface area contributed by atoms with Gasteiger partial charge in [-0.2, -0.15) is 0 Å². The lowest BCUT2D eigenvalue weighted by molar-refractivity contribution is -0.136. The molecule has 1 aliphatic rings. The maximum Gasteiger partial charge on any atom is 0.223 e. The van der Waals surface area contributed by atoms with Gasteiger partial charge in [0.25, 0.3) is 0 Å². The summed E-state index contributed by atoms with van der Waals surface area (Å²) in [5.74, 6) is 0.308. The van der Waals surface area contributed by atoms with Gasteiger partial charge in [0.15, 0.2) is 0 Å². The van der Waals surface area contributed by atoms with Crippen LogP contribution in [-0.4, -0.2) is 30.1 Å². The van der Waals surface area contributed by atoms with E-state index in [0.29, 0.717) is 18.4 Å². The summed E-state index contributed by atoms with van der Waals surface area (Å²) in [5, 5.41) is 2.08. The number of carbonyl (C=O) groups is 1. The van der Waals surface area contributed by atoms with Crippen molar-refractivity contribution in [2.24, 2.45) is 0 Å².